The van der Waals surface area contributed by atoms with Crippen molar-refractivity contribution < 1.29 is 9.59 Å². The molecule has 0 saturated carbocycles. The molecule has 0 aliphatic rings. The van der Waals surface area contributed by atoms with E-state index < -0.39 is 12.1 Å². The summed E-state index contributed by atoms with van der Waals surface area (Å²) in [5, 5.41) is 5.43. The van der Waals surface area contributed by atoms with Gasteiger partial charge in [0.05, 0.1) is 12.5 Å². The maximum absolute atomic E-state index is 12.2. The second kappa shape index (κ2) is 7.78. The predicted molar refractivity (Wildman–Crippen MR) is 94.0 cm³/mol. The number of hydrogen-bond donors (Lipinski definition) is 3. The van der Waals surface area contributed by atoms with E-state index in [4.69, 9.17) is 5.73 Å². The Bertz CT molecular complexity index is 701. The van der Waals surface area contributed by atoms with Crippen LogP contribution in [0.1, 0.15) is 23.6 Å². The van der Waals surface area contributed by atoms with Crippen molar-refractivity contribution in [2.24, 2.45) is 5.73 Å². The van der Waals surface area contributed by atoms with E-state index in [9.17, 15) is 9.59 Å². The first-order valence-corrected chi connectivity index (χ1v) is 7.91. The molecule has 23 heavy (non-hydrogen) atoms. The summed E-state index contributed by atoms with van der Waals surface area (Å²) < 4.78 is 0.920. The molecule has 0 aliphatic heterocycles. The zero-order valence-electron chi connectivity index (χ0n) is 12.7. The Balaban J connectivity index is 2.09. The maximum atomic E-state index is 12.2. The lowest BCUT2D eigenvalue weighted by atomic mass is 10.0. The summed E-state index contributed by atoms with van der Waals surface area (Å²) in [6.07, 6.45) is 0.0957. The number of hydrogen-bond acceptors (Lipinski definition) is 2. The van der Waals surface area contributed by atoms with Crippen LogP contribution in [0.25, 0.3) is 0 Å². The molecule has 2 rings (SSSR count). The minimum Gasteiger partial charge on any atom is -0.352 e. The van der Waals surface area contributed by atoms with Crippen LogP contribution in [0.3, 0.4) is 0 Å². The molecule has 0 heterocycles. The summed E-state index contributed by atoms with van der Waals surface area (Å²) in [6, 6.07) is 13.8. The number of rotatable bonds is 5. The van der Waals surface area contributed by atoms with E-state index in [1.807, 2.05) is 55.5 Å². The Hall–Kier alpha value is -2.34. The van der Waals surface area contributed by atoms with Crippen LogP contribution >= 0.6 is 15.9 Å². The molecule has 0 saturated heterocycles. The molecule has 0 aromatic heterocycles. The SMILES string of the molecule is Cc1cccc(NC(=O)C[C@@H](NC(N)=O)c2ccc(Br)cc2)c1. The molecule has 3 amide bonds. The van der Waals surface area contributed by atoms with Crippen molar-refractivity contribution in [3.05, 3.63) is 64.1 Å². The second-order valence-corrected chi connectivity index (χ2v) is 6.15. The molecule has 0 radical (unpaired) electrons. The van der Waals surface area contributed by atoms with Gasteiger partial charge < -0.3 is 16.4 Å². The number of nitrogens with one attached hydrogen (secondary N) is 2. The fourth-order valence-corrected chi connectivity index (χ4v) is 2.50. The van der Waals surface area contributed by atoms with E-state index >= 15 is 0 Å². The van der Waals surface area contributed by atoms with Crippen LogP contribution in [-0.4, -0.2) is 11.9 Å². The number of urea groups is 1. The van der Waals surface area contributed by atoms with Crippen LogP contribution in [0.15, 0.2) is 53.0 Å². The van der Waals surface area contributed by atoms with E-state index in [-0.39, 0.29) is 12.3 Å². The van der Waals surface area contributed by atoms with Gasteiger partial charge in [-0.25, -0.2) is 4.79 Å². The molecule has 4 N–H and O–H groups in total. The van der Waals surface area contributed by atoms with E-state index in [1.165, 1.54) is 0 Å². The van der Waals surface area contributed by atoms with E-state index in [0.29, 0.717) is 0 Å². The number of carbonyl (C=O) groups excluding carboxylic acids is 2. The fourth-order valence-electron chi connectivity index (χ4n) is 2.24. The highest BCUT2D eigenvalue weighted by molar-refractivity contribution is 9.10. The van der Waals surface area contributed by atoms with Crippen LogP contribution < -0.4 is 16.4 Å². The van der Waals surface area contributed by atoms with Gasteiger partial charge in [-0.3, -0.25) is 4.79 Å². The smallest absolute Gasteiger partial charge is 0.312 e. The van der Waals surface area contributed by atoms with Gasteiger partial charge in [-0.05, 0) is 42.3 Å². The van der Waals surface area contributed by atoms with Crippen LogP contribution in [0.5, 0.6) is 0 Å². The lowest BCUT2D eigenvalue weighted by Crippen LogP contribution is -2.35. The van der Waals surface area contributed by atoms with Crippen LogP contribution in [0.4, 0.5) is 10.5 Å². The van der Waals surface area contributed by atoms with Crippen molar-refractivity contribution in [1.82, 2.24) is 5.32 Å². The number of nitrogens with two attached hydrogens (primary N) is 1. The van der Waals surface area contributed by atoms with Crippen molar-refractivity contribution in [2.45, 2.75) is 19.4 Å². The highest BCUT2D eigenvalue weighted by Gasteiger charge is 2.17. The first-order chi connectivity index (χ1) is 10.9. The zero-order chi connectivity index (χ0) is 16.8. The Morgan fingerprint density at radius 1 is 1.17 bits per heavy atom. The van der Waals surface area contributed by atoms with Gasteiger partial charge in [-0.15, -0.1) is 0 Å². The fraction of sp³-hybridized carbons (Fsp3) is 0.176. The average molecular weight is 376 g/mol. The van der Waals surface area contributed by atoms with Crippen molar-refractivity contribution in [3.63, 3.8) is 0 Å². The summed E-state index contributed by atoms with van der Waals surface area (Å²) >= 11 is 3.36. The highest BCUT2D eigenvalue weighted by atomic mass is 79.9. The van der Waals surface area contributed by atoms with Crippen molar-refractivity contribution in [3.8, 4) is 0 Å². The van der Waals surface area contributed by atoms with E-state index in [0.717, 1.165) is 21.3 Å². The minimum atomic E-state index is -0.665. The largest absolute Gasteiger partial charge is 0.352 e. The normalized spacial score (nSPS) is 11.6. The van der Waals surface area contributed by atoms with Gasteiger partial charge in [-0.1, -0.05) is 40.2 Å². The maximum Gasteiger partial charge on any atom is 0.312 e. The van der Waals surface area contributed by atoms with E-state index in [2.05, 4.69) is 26.6 Å². The molecule has 1 atom stereocenters. The molecule has 2 aromatic carbocycles. The molecular weight excluding hydrogens is 358 g/mol. The standard InChI is InChI=1S/C17H18BrN3O2/c1-11-3-2-4-14(9-11)20-16(22)10-15(21-17(19)23)12-5-7-13(18)8-6-12/h2-9,15H,10H2,1H3,(H,20,22)(H3,19,21,23)/t15-/m1/s1. The molecule has 0 spiro atoms. The van der Waals surface area contributed by atoms with Crippen LogP contribution in [-0.2, 0) is 4.79 Å². The average Bonchev–Trinajstić information content (AvgIpc) is 2.46. The van der Waals surface area contributed by atoms with Gasteiger partial charge in [0, 0.05) is 10.2 Å². The first-order valence-electron chi connectivity index (χ1n) is 7.12. The summed E-state index contributed by atoms with van der Waals surface area (Å²) in [7, 11) is 0. The third-order valence-corrected chi connectivity index (χ3v) is 3.81. The Morgan fingerprint density at radius 2 is 1.87 bits per heavy atom. The number of anilines is 1. The van der Waals surface area contributed by atoms with E-state index in [1.54, 1.807) is 0 Å². The molecule has 6 heteroatoms. The number of carbonyl (C=O) groups is 2. The van der Waals surface area contributed by atoms with Crippen molar-refractivity contribution >= 4 is 33.6 Å². The van der Waals surface area contributed by atoms with Gasteiger partial charge in [0.1, 0.15) is 0 Å². The van der Waals surface area contributed by atoms with Gasteiger partial charge >= 0.3 is 6.03 Å². The number of benzene rings is 2. The number of halogens is 1. The van der Waals surface area contributed by atoms with Crippen molar-refractivity contribution in [2.75, 3.05) is 5.32 Å². The van der Waals surface area contributed by atoms with Gasteiger partial charge in [0.15, 0.2) is 0 Å². The minimum absolute atomic E-state index is 0.0957. The molecule has 0 fully saturated rings. The molecule has 2 aromatic rings. The quantitative estimate of drug-likeness (QED) is 0.746. The van der Waals surface area contributed by atoms with Gasteiger partial charge in [-0.2, -0.15) is 0 Å². The number of amides is 3. The molecule has 0 unspecified atom stereocenters. The Labute approximate surface area is 143 Å². The monoisotopic (exact) mass is 375 g/mol. The summed E-state index contributed by atoms with van der Waals surface area (Å²) in [5.41, 5.74) is 7.81. The Kier molecular flexibility index (Phi) is 5.76. The molecule has 120 valence electrons. The predicted octanol–water partition coefficient (Wildman–Crippen LogP) is 3.50. The number of primary amides is 1. The second-order valence-electron chi connectivity index (χ2n) is 5.23. The Morgan fingerprint density at radius 3 is 2.48 bits per heavy atom. The third-order valence-electron chi connectivity index (χ3n) is 3.28. The molecule has 5 nitrogen and oxygen atoms in total. The molecule has 0 bridgehead atoms. The highest BCUT2D eigenvalue weighted by Crippen LogP contribution is 2.20. The number of aryl methyl sites for hydroxylation is 1. The lowest BCUT2D eigenvalue weighted by Gasteiger charge is -2.18. The van der Waals surface area contributed by atoms with Gasteiger partial charge in [0.25, 0.3) is 0 Å². The van der Waals surface area contributed by atoms with Crippen LogP contribution in [0, 0.1) is 6.92 Å². The summed E-state index contributed by atoms with van der Waals surface area (Å²) in [6.45, 7) is 1.95. The third kappa shape index (κ3) is 5.41. The topological polar surface area (TPSA) is 84.2 Å². The first kappa shape index (κ1) is 17.0. The zero-order valence-corrected chi connectivity index (χ0v) is 14.3. The van der Waals surface area contributed by atoms with Gasteiger partial charge in [0.2, 0.25) is 5.91 Å². The summed E-state index contributed by atoms with van der Waals surface area (Å²) in [4.78, 5) is 23.4. The summed E-state index contributed by atoms with van der Waals surface area (Å²) in [5.74, 6) is -0.197. The lowest BCUT2D eigenvalue weighted by molar-refractivity contribution is -0.116. The van der Waals surface area contributed by atoms with Crippen molar-refractivity contribution in [1.29, 1.82) is 0 Å². The van der Waals surface area contributed by atoms with Crippen LogP contribution in [0.2, 0.25) is 0 Å². The molecular formula is C17H18BrN3O2. The molecule has 0 aliphatic carbocycles.